The molecule has 0 unspecified atom stereocenters. The minimum Gasteiger partial charge on any atom is -0.488 e. The number of methoxy groups -OCH3 is 1. The maximum Gasteiger partial charge on any atom is 0.305 e. The lowest BCUT2D eigenvalue weighted by Crippen LogP contribution is -2.21. The highest BCUT2D eigenvalue weighted by Crippen LogP contribution is 2.38. The molecule has 1 amide bonds. The molecule has 2 rings (SSSR count). The largest absolute Gasteiger partial charge is 0.488 e. The van der Waals surface area contributed by atoms with Gasteiger partial charge in [0.05, 0.1) is 36.1 Å². The Morgan fingerprint density at radius 1 is 1.12 bits per heavy atom. The minimum atomic E-state index is -3.70. The molecule has 0 spiro atoms. The van der Waals surface area contributed by atoms with Gasteiger partial charge >= 0.3 is 5.97 Å². The van der Waals surface area contributed by atoms with E-state index in [1.54, 1.807) is 0 Å². The summed E-state index contributed by atoms with van der Waals surface area (Å²) in [5.74, 6) is -0.833. The summed E-state index contributed by atoms with van der Waals surface area (Å²) < 4.78 is 36.4. The van der Waals surface area contributed by atoms with Crippen LogP contribution in [0.25, 0.3) is 0 Å². The van der Waals surface area contributed by atoms with Crippen molar-refractivity contribution >= 4 is 39.0 Å². The molecule has 2 N–H and O–H groups in total. The number of nitro groups is 1. The van der Waals surface area contributed by atoms with Crippen molar-refractivity contribution < 1.29 is 32.4 Å². The third kappa shape index (κ3) is 8.33. The van der Waals surface area contributed by atoms with E-state index in [-0.39, 0.29) is 42.0 Å². The summed E-state index contributed by atoms with van der Waals surface area (Å²) >= 11 is 0. The molecule has 1 fully saturated rings. The Morgan fingerprint density at radius 2 is 1.78 bits per heavy atom. The highest BCUT2D eigenvalue weighted by molar-refractivity contribution is 7.92. The monoisotopic (exact) mass is 471 g/mol. The Morgan fingerprint density at radius 3 is 2.38 bits per heavy atom. The molecule has 0 radical (unpaired) electrons. The van der Waals surface area contributed by atoms with E-state index >= 15 is 0 Å². The van der Waals surface area contributed by atoms with Crippen LogP contribution in [0.5, 0.6) is 5.75 Å². The molecule has 0 aromatic heterocycles. The van der Waals surface area contributed by atoms with Gasteiger partial charge in [-0.2, -0.15) is 0 Å². The third-order valence-electron chi connectivity index (χ3n) is 4.97. The number of nitro benzene ring substituents is 1. The number of esters is 1. The summed E-state index contributed by atoms with van der Waals surface area (Å²) in [6, 6.07) is 2.33. The van der Waals surface area contributed by atoms with Gasteiger partial charge in [-0.1, -0.05) is 6.42 Å². The van der Waals surface area contributed by atoms with Gasteiger partial charge in [0, 0.05) is 12.8 Å². The summed E-state index contributed by atoms with van der Waals surface area (Å²) in [5, 5.41) is 14.1. The van der Waals surface area contributed by atoms with Gasteiger partial charge in [-0.15, -0.1) is 0 Å². The fourth-order valence-corrected chi connectivity index (χ4v) is 3.99. The summed E-state index contributed by atoms with van der Waals surface area (Å²) in [7, 11) is -2.43. The molecule has 0 saturated heterocycles. The predicted octanol–water partition coefficient (Wildman–Crippen LogP) is 3.35. The summed E-state index contributed by atoms with van der Waals surface area (Å²) in [5.41, 5.74) is -0.530. The first-order valence-electron chi connectivity index (χ1n) is 10.4. The molecule has 1 aliphatic carbocycles. The second-order valence-electron chi connectivity index (χ2n) is 7.71. The van der Waals surface area contributed by atoms with Crippen molar-refractivity contribution in [3.8, 4) is 5.75 Å². The van der Waals surface area contributed by atoms with Crippen LogP contribution in [-0.2, 0) is 24.3 Å². The van der Waals surface area contributed by atoms with Gasteiger partial charge in [0.15, 0.2) is 5.75 Å². The van der Waals surface area contributed by atoms with E-state index in [1.807, 2.05) is 0 Å². The lowest BCUT2D eigenvalue weighted by atomic mass is 9.98. The van der Waals surface area contributed by atoms with Crippen LogP contribution in [0, 0.1) is 10.1 Å². The predicted molar refractivity (Wildman–Crippen MR) is 118 cm³/mol. The molecular weight excluding hydrogens is 442 g/mol. The Labute approximate surface area is 187 Å². The number of ether oxygens (including phenoxy) is 2. The molecule has 1 saturated carbocycles. The van der Waals surface area contributed by atoms with Gasteiger partial charge in [0.1, 0.15) is 5.69 Å². The molecule has 0 heterocycles. The zero-order valence-electron chi connectivity index (χ0n) is 18.2. The summed E-state index contributed by atoms with van der Waals surface area (Å²) in [4.78, 5) is 34.4. The molecule has 0 aliphatic heterocycles. The van der Waals surface area contributed by atoms with Crippen molar-refractivity contribution in [1.29, 1.82) is 0 Å². The van der Waals surface area contributed by atoms with Gasteiger partial charge < -0.3 is 14.8 Å². The van der Waals surface area contributed by atoms with Crippen LogP contribution < -0.4 is 14.8 Å². The van der Waals surface area contributed by atoms with Crippen LogP contribution in [-0.4, -0.2) is 44.7 Å². The molecule has 1 aliphatic rings. The Balaban J connectivity index is 2.22. The molecule has 0 atom stereocenters. The summed E-state index contributed by atoms with van der Waals surface area (Å²) in [6.45, 7) is 0. The first kappa shape index (κ1) is 25.4. The van der Waals surface area contributed by atoms with Crippen molar-refractivity contribution in [1.82, 2.24) is 0 Å². The normalized spacial score (nSPS) is 14.4. The third-order valence-corrected chi connectivity index (χ3v) is 5.56. The van der Waals surface area contributed by atoms with Crippen LogP contribution in [0.3, 0.4) is 0 Å². The quantitative estimate of drug-likeness (QED) is 0.215. The van der Waals surface area contributed by atoms with Crippen molar-refractivity contribution in [3.63, 3.8) is 0 Å². The van der Waals surface area contributed by atoms with E-state index < -0.39 is 26.5 Å². The maximum atomic E-state index is 12.3. The smallest absolute Gasteiger partial charge is 0.305 e. The lowest BCUT2D eigenvalue weighted by Gasteiger charge is -2.24. The van der Waals surface area contributed by atoms with Crippen molar-refractivity contribution in [2.24, 2.45) is 0 Å². The first-order valence-corrected chi connectivity index (χ1v) is 12.3. The number of carbonyl (C=O) groups excluding carboxylic acids is 2. The number of hydrogen-bond acceptors (Lipinski definition) is 8. The number of nitrogens with zero attached hydrogens (tertiary/aromatic N) is 1. The standard InChI is InChI=1S/C20H29N3O8S/c1-30-20(25)11-7-6-10-19(24)21-15-12-16(22-32(2,28)29)18(13-17(15)23(26)27)31-14-8-4-3-5-9-14/h12-14,22H,3-11H2,1-2H3,(H,21,24). The van der Waals surface area contributed by atoms with Crippen LogP contribution in [0.4, 0.5) is 17.1 Å². The number of hydrogen-bond donors (Lipinski definition) is 2. The van der Waals surface area contributed by atoms with Crippen LogP contribution in [0.2, 0.25) is 0 Å². The number of nitrogens with one attached hydrogen (secondary N) is 2. The summed E-state index contributed by atoms with van der Waals surface area (Å²) in [6.07, 6.45) is 6.35. The van der Waals surface area contributed by atoms with Gasteiger partial charge in [-0.05, 0) is 44.6 Å². The number of amides is 1. The molecule has 32 heavy (non-hydrogen) atoms. The second-order valence-corrected chi connectivity index (χ2v) is 9.45. The topological polar surface area (TPSA) is 154 Å². The number of rotatable bonds is 11. The fraction of sp³-hybridized carbons (Fsp3) is 0.600. The van der Waals surface area contributed by atoms with Crippen molar-refractivity contribution in [2.45, 2.75) is 63.9 Å². The molecule has 1 aromatic carbocycles. The lowest BCUT2D eigenvalue weighted by molar-refractivity contribution is -0.384. The molecule has 12 heteroatoms. The molecular formula is C20H29N3O8S. The van der Waals surface area contributed by atoms with E-state index in [2.05, 4.69) is 14.8 Å². The minimum absolute atomic E-state index is 0.0182. The number of carbonyl (C=O) groups is 2. The Hall–Kier alpha value is -2.89. The zero-order valence-corrected chi connectivity index (χ0v) is 19.0. The van der Waals surface area contributed by atoms with Crippen LogP contribution >= 0.6 is 0 Å². The van der Waals surface area contributed by atoms with Gasteiger partial charge in [-0.3, -0.25) is 24.4 Å². The zero-order chi connectivity index (χ0) is 23.7. The SMILES string of the molecule is COC(=O)CCCCC(=O)Nc1cc(NS(C)(=O)=O)c(OC2CCCCC2)cc1[N+](=O)[O-]. The average molecular weight is 472 g/mol. The van der Waals surface area contributed by atoms with E-state index in [9.17, 15) is 28.1 Å². The average Bonchev–Trinajstić information content (AvgIpc) is 2.72. The first-order chi connectivity index (χ1) is 15.1. The van der Waals surface area contributed by atoms with Gasteiger partial charge in [-0.25, -0.2) is 8.42 Å². The fourth-order valence-electron chi connectivity index (χ4n) is 3.43. The molecule has 11 nitrogen and oxygen atoms in total. The highest BCUT2D eigenvalue weighted by Gasteiger charge is 2.24. The number of unbranched alkanes of at least 4 members (excludes halogenated alkanes) is 1. The second kappa shape index (κ2) is 11.7. The van der Waals surface area contributed by atoms with Gasteiger partial charge in [0.25, 0.3) is 5.69 Å². The Kier molecular flexibility index (Phi) is 9.24. The van der Waals surface area contributed by atoms with Crippen molar-refractivity contribution in [2.75, 3.05) is 23.4 Å². The molecule has 1 aromatic rings. The number of benzene rings is 1. The molecule has 178 valence electrons. The van der Waals surface area contributed by atoms with E-state index in [4.69, 9.17) is 4.74 Å². The van der Waals surface area contributed by atoms with E-state index in [1.165, 1.54) is 13.2 Å². The number of anilines is 2. The van der Waals surface area contributed by atoms with E-state index in [0.717, 1.165) is 44.4 Å². The molecule has 0 bridgehead atoms. The highest BCUT2D eigenvalue weighted by atomic mass is 32.2. The van der Waals surface area contributed by atoms with E-state index in [0.29, 0.717) is 12.8 Å². The van der Waals surface area contributed by atoms with Crippen molar-refractivity contribution in [3.05, 3.63) is 22.2 Å². The maximum absolute atomic E-state index is 12.3. The van der Waals surface area contributed by atoms with Gasteiger partial charge in [0.2, 0.25) is 15.9 Å². The van der Waals surface area contributed by atoms with Crippen LogP contribution in [0.15, 0.2) is 12.1 Å². The van der Waals surface area contributed by atoms with Crippen LogP contribution in [0.1, 0.15) is 57.8 Å². The number of sulfonamides is 1. The Bertz CT molecular complexity index is 942.